The van der Waals surface area contributed by atoms with Crippen LogP contribution < -0.4 is 9.80 Å². The minimum absolute atomic E-state index is 0.0608. The van der Waals surface area contributed by atoms with Crippen molar-refractivity contribution in [2.75, 3.05) is 9.80 Å². The second-order valence-corrected chi connectivity index (χ2v) is 23.8. The molecule has 346 valence electrons. The maximum atomic E-state index is 2.67. The molecule has 0 saturated heterocycles. The van der Waals surface area contributed by atoms with Crippen LogP contribution in [0, 0.1) is 0 Å². The summed E-state index contributed by atoms with van der Waals surface area (Å²) in [6.07, 6.45) is 0. The van der Waals surface area contributed by atoms with Crippen molar-refractivity contribution in [1.29, 1.82) is 0 Å². The molecule has 0 fully saturated rings. The van der Waals surface area contributed by atoms with E-state index in [2.05, 4.69) is 261 Å². The lowest BCUT2D eigenvalue weighted by molar-refractivity contribution is 0.566. The zero-order chi connectivity index (χ0) is 48.7. The molecule has 0 aromatic heterocycles. The van der Waals surface area contributed by atoms with Crippen LogP contribution in [-0.2, 0) is 27.1 Å². The second kappa shape index (κ2) is 13.9. The van der Waals surface area contributed by atoms with E-state index in [4.69, 9.17) is 0 Å². The molecule has 71 heavy (non-hydrogen) atoms. The summed E-state index contributed by atoms with van der Waals surface area (Å²) in [6, 6.07) is 69.9. The van der Waals surface area contributed by atoms with Gasteiger partial charge in [0.1, 0.15) is 0 Å². The average Bonchev–Trinajstić information content (AvgIpc) is 3.75. The molecule has 0 saturated carbocycles. The Bertz CT molecular complexity index is 3540. The minimum Gasteiger partial charge on any atom is -0.310 e. The van der Waals surface area contributed by atoms with Crippen LogP contribution in [0.1, 0.15) is 125 Å². The van der Waals surface area contributed by atoms with Gasteiger partial charge in [0.15, 0.2) is 0 Å². The third-order valence-electron chi connectivity index (χ3n) is 18.2. The van der Waals surface area contributed by atoms with Crippen LogP contribution in [0.15, 0.2) is 182 Å². The smallest absolute Gasteiger partial charge is 0.0545 e. The molecule has 0 N–H and O–H groups in total. The molecule has 2 heteroatoms. The van der Waals surface area contributed by atoms with E-state index >= 15 is 0 Å². The fourth-order valence-corrected chi connectivity index (χ4v) is 14.1. The quantitative estimate of drug-likeness (QED) is 0.170. The van der Waals surface area contributed by atoms with E-state index in [9.17, 15) is 0 Å². The van der Waals surface area contributed by atoms with Gasteiger partial charge < -0.3 is 9.80 Å². The molecule has 3 aliphatic heterocycles. The van der Waals surface area contributed by atoms with E-state index in [1.54, 1.807) is 0 Å². The number of para-hydroxylation sites is 2. The fourth-order valence-electron chi connectivity index (χ4n) is 14.1. The van der Waals surface area contributed by atoms with Crippen molar-refractivity contribution < 1.29 is 0 Å². The van der Waals surface area contributed by atoms with E-state index in [0.717, 1.165) is 11.4 Å². The Morgan fingerprint density at radius 1 is 0.254 bits per heavy atom. The molecule has 0 spiro atoms. The van der Waals surface area contributed by atoms with Crippen molar-refractivity contribution in [1.82, 2.24) is 0 Å². The maximum absolute atomic E-state index is 2.67. The van der Waals surface area contributed by atoms with Crippen LogP contribution >= 0.6 is 0 Å². The Hall–Kier alpha value is -7.42. The summed E-state index contributed by atoms with van der Waals surface area (Å²) in [5.74, 6) is 0. The van der Waals surface area contributed by atoms with Gasteiger partial charge in [0.2, 0.25) is 0 Å². The Morgan fingerprint density at radius 2 is 0.563 bits per heavy atom. The molecule has 3 heterocycles. The highest BCUT2D eigenvalue weighted by atomic mass is 15.2. The number of anilines is 6. The van der Waals surface area contributed by atoms with Crippen molar-refractivity contribution in [3.8, 4) is 44.5 Å². The van der Waals surface area contributed by atoms with Crippen molar-refractivity contribution in [3.63, 3.8) is 0 Å². The van der Waals surface area contributed by atoms with Crippen molar-refractivity contribution in [2.45, 2.75) is 96.3 Å². The van der Waals surface area contributed by atoms with E-state index in [1.165, 1.54) is 123 Å². The molecular weight excluding hydrogens is 857 g/mol. The summed E-state index contributed by atoms with van der Waals surface area (Å²) in [4.78, 5) is 5.19. The zero-order valence-corrected chi connectivity index (χ0v) is 42.7. The largest absolute Gasteiger partial charge is 0.310 e. The summed E-state index contributed by atoms with van der Waals surface area (Å²) in [5.41, 5.74) is 31.0. The summed E-state index contributed by atoms with van der Waals surface area (Å²) < 4.78 is 0. The molecule has 2 aliphatic carbocycles. The van der Waals surface area contributed by atoms with Crippen molar-refractivity contribution >= 4 is 34.1 Å². The van der Waals surface area contributed by atoms with Crippen LogP contribution in [0.5, 0.6) is 0 Å². The Balaban J connectivity index is 0.933. The monoisotopic (exact) mass is 916 g/mol. The van der Waals surface area contributed by atoms with Gasteiger partial charge in [-0.1, -0.05) is 203 Å². The third-order valence-corrected chi connectivity index (χ3v) is 18.2. The molecule has 9 aromatic rings. The van der Waals surface area contributed by atoms with Gasteiger partial charge in [0.05, 0.1) is 17.1 Å². The number of hydrogen-bond donors (Lipinski definition) is 0. The lowest BCUT2D eigenvalue weighted by atomic mass is 9.61. The van der Waals surface area contributed by atoms with E-state index in [0.29, 0.717) is 0 Å². The highest BCUT2D eigenvalue weighted by molar-refractivity contribution is 6.00. The van der Waals surface area contributed by atoms with Gasteiger partial charge >= 0.3 is 0 Å². The zero-order valence-electron chi connectivity index (χ0n) is 42.7. The van der Waals surface area contributed by atoms with Gasteiger partial charge in [-0.2, -0.15) is 0 Å². The van der Waals surface area contributed by atoms with Crippen LogP contribution in [0.3, 0.4) is 0 Å². The molecule has 14 rings (SSSR count). The van der Waals surface area contributed by atoms with Crippen LogP contribution in [0.25, 0.3) is 44.5 Å². The Labute approximate surface area is 420 Å². The molecule has 0 radical (unpaired) electrons. The van der Waals surface area contributed by atoms with Gasteiger partial charge in [-0.3, -0.25) is 0 Å². The fraction of sp³-hybridized carbons (Fsp3) is 0.217. The number of fused-ring (bicyclic) bond motifs is 6. The van der Waals surface area contributed by atoms with Crippen LogP contribution in [-0.4, -0.2) is 0 Å². The standard InChI is InChI=1S/C69H60N2/c1-65(2)52-19-13-11-17-48(52)50-35-29-43(37-58(50)65)41-25-31-45(32-26-41)70(46-33-27-42(28-34-46)44-30-36-51-49-18-12-14-20-53(49)66(3,4)59(51)38-44)47-39-60-64-61(40-47)69(9,10)57-24-16-22-55-63(57)71(64)62-54(67(55,5)6)21-15-23-56(62)68(60,7)8/h11-40H,1-10H3. The van der Waals surface area contributed by atoms with E-state index < -0.39 is 0 Å². The highest BCUT2D eigenvalue weighted by Gasteiger charge is 2.52. The first kappa shape index (κ1) is 42.5. The predicted molar refractivity (Wildman–Crippen MR) is 298 cm³/mol. The lowest BCUT2D eigenvalue weighted by Crippen LogP contribution is -2.43. The predicted octanol–water partition coefficient (Wildman–Crippen LogP) is 18.5. The molecule has 2 nitrogen and oxygen atoms in total. The number of nitrogens with zero attached hydrogens (tertiary/aromatic N) is 2. The summed E-state index contributed by atoms with van der Waals surface area (Å²) in [5, 5.41) is 0. The van der Waals surface area contributed by atoms with E-state index in [-0.39, 0.29) is 27.1 Å². The van der Waals surface area contributed by atoms with Crippen LogP contribution in [0.2, 0.25) is 0 Å². The summed E-state index contributed by atoms with van der Waals surface area (Å²) in [6.45, 7) is 24.1. The minimum atomic E-state index is -0.265. The molecule has 5 aliphatic rings. The first-order chi connectivity index (χ1) is 34.0. The van der Waals surface area contributed by atoms with Gasteiger partial charge in [-0.25, -0.2) is 0 Å². The maximum Gasteiger partial charge on any atom is 0.0545 e. The van der Waals surface area contributed by atoms with Gasteiger partial charge in [-0.05, 0) is 149 Å². The van der Waals surface area contributed by atoms with Crippen molar-refractivity contribution in [2.24, 2.45) is 0 Å². The Kier molecular flexibility index (Phi) is 8.32. The number of hydrogen-bond acceptors (Lipinski definition) is 2. The Morgan fingerprint density at radius 3 is 0.972 bits per heavy atom. The summed E-state index contributed by atoms with van der Waals surface area (Å²) in [7, 11) is 0. The van der Waals surface area contributed by atoms with Crippen molar-refractivity contribution in [3.05, 3.63) is 238 Å². The molecule has 0 bridgehead atoms. The molecule has 0 amide bonds. The topological polar surface area (TPSA) is 6.48 Å². The average molecular weight is 917 g/mol. The van der Waals surface area contributed by atoms with Gasteiger partial charge in [-0.15, -0.1) is 0 Å². The molecule has 9 aromatic carbocycles. The SMILES string of the molecule is CC1(C)c2ccccc2-c2ccc(-c3ccc(N(c4ccc(-c5ccc6c(c5)C(C)(C)c5ccccc5-6)cc4)c4cc5c6c(c4)C(C)(C)c4cccc7c4N6c4c(cccc4C5(C)C)C7(C)C)cc3)cc21. The highest BCUT2D eigenvalue weighted by Crippen LogP contribution is 2.67. The first-order valence-electron chi connectivity index (χ1n) is 25.8. The first-order valence-corrected chi connectivity index (χ1v) is 25.8. The molecular formula is C69H60N2. The molecule has 0 unspecified atom stereocenters. The number of benzene rings is 9. The van der Waals surface area contributed by atoms with Crippen LogP contribution in [0.4, 0.5) is 34.1 Å². The number of rotatable bonds is 5. The van der Waals surface area contributed by atoms with E-state index in [1.807, 2.05) is 0 Å². The van der Waals surface area contributed by atoms with Gasteiger partial charge in [0, 0.05) is 44.1 Å². The lowest BCUT2D eigenvalue weighted by Gasteiger charge is -2.55. The summed E-state index contributed by atoms with van der Waals surface area (Å²) >= 11 is 0. The second-order valence-electron chi connectivity index (χ2n) is 23.8. The third kappa shape index (κ3) is 5.49. The molecule has 0 atom stereocenters. The van der Waals surface area contributed by atoms with Gasteiger partial charge in [0.25, 0.3) is 0 Å². The normalized spacial score (nSPS) is 17.4.